The first-order valence-electron chi connectivity index (χ1n) is 17.0. The Hall–Kier alpha value is -5.38. The molecule has 0 aliphatic heterocycles. The van der Waals surface area contributed by atoms with E-state index in [-0.39, 0.29) is 17.5 Å². The minimum absolute atomic E-state index is 0.0407. The molecule has 0 aliphatic rings. The van der Waals surface area contributed by atoms with Gasteiger partial charge in [-0.1, -0.05) is 74.0 Å². The van der Waals surface area contributed by atoms with Crippen molar-refractivity contribution < 1.29 is 30.0 Å². The summed E-state index contributed by atoms with van der Waals surface area (Å²) in [6, 6.07) is 25.1. The van der Waals surface area contributed by atoms with Crippen molar-refractivity contribution in [2.24, 2.45) is 0 Å². The van der Waals surface area contributed by atoms with Crippen LogP contribution in [0.15, 0.2) is 91.1 Å². The second-order valence-electron chi connectivity index (χ2n) is 12.5. The van der Waals surface area contributed by atoms with Gasteiger partial charge in [0.1, 0.15) is 22.6 Å². The number of hydrogen-bond acceptors (Lipinski definition) is 7. The molecule has 6 aromatic rings. The van der Waals surface area contributed by atoms with Crippen molar-refractivity contribution in [2.45, 2.75) is 46.1 Å². The normalized spacial score (nSPS) is 11.8. The number of halogens is 1. The zero-order valence-corrected chi connectivity index (χ0v) is 29.6. The molecule has 0 aliphatic carbocycles. The van der Waals surface area contributed by atoms with Crippen LogP contribution in [-0.4, -0.2) is 67.9 Å². The van der Waals surface area contributed by atoms with Gasteiger partial charge in [-0.15, -0.1) is 0 Å². The molecule has 1 unspecified atom stereocenters. The zero-order valence-electron chi connectivity index (χ0n) is 28.9. The number of rotatable bonds is 12. The predicted molar refractivity (Wildman–Crippen MR) is 205 cm³/mol. The number of aromatic nitrogens is 1. The molecule has 1 heterocycles. The van der Waals surface area contributed by atoms with Crippen LogP contribution >= 0.6 is 11.6 Å². The third-order valence-corrected chi connectivity index (χ3v) is 9.42. The number of nitrogens with one attached hydrogen (secondary N) is 1. The van der Waals surface area contributed by atoms with Crippen molar-refractivity contribution in [1.29, 1.82) is 0 Å². The predicted octanol–water partition coefficient (Wildman–Crippen LogP) is 9.20. The number of phenols is 2. The van der Waals surface area contributed by atoms with Gasteiger partial charge in [0.05, 0.1) is 5.52 Å². The van der Waals surface area contributed by atoms with Gasteiger partial charge in [-0.2, -0.15) is 0 Å². The third-order valence-electron chi connectivity index (χ3n) is 9.18. The number of hydrogen-bond donors (Lipinski definition) is 5. The Balaban J connectivity index is 0.000000206. The van der Waals surface area contributed by atoms with Crippen LogP contribution in [0, 0.1) is 0 Å². The summed E-state index contributed by atoms with van der Waals surface area (Å²) in [6.45, 7) is 10.1. The highest BCUT2D eigenvalue weighted by atomic mass is 35.5. The smallest absolute Gasteiger partial charge is 0.339 e. The lowest BCUT2D eigenvalue weighted by molar-refractivity contribution is 0.0682. The minimum atomic E-state index is -1.28. The molecule has 0 saturated heterocycles. The van der Waals surface area contributed by atoms with Crippen LogP contribution in [0.2, 0.25) is 5.02 Å². The van der Waals surface area contributed by atoms with Crippen LogP contribution in [0.5, 0.6) is 11.5 Å². The Labute approximate surface area is 301 Å². The topological polar surface area (TPSA) is 143 Å². The van der Waals surface area contributed by atoms with Crippen molar-refractivity contribution in [3.05, 3.63) is 118 Å². The first-order chi connectivity index (χ1) is 24.5. The second-order valence-corrected chi connectivity index (χ2v) is 12.9. The van der Waals surface area contributed by atoms with Crippen molar-refractivity contribution in [1.82, 2.24) is 9.88 Å². The number of carbonyl (C=O) groups is 2. The average Bonchev–Trinajstić information content (AvgIpc) is 3.12. The number of anilines is 1. The van der Waals surface area contributed by atoms with Gasteiger partial charge in [-0.05, 0) is 97.3 Å². The Bertz CT molecular complexity index is 2100. The fraction of sp³-hybridized carbons (Fsp3) is 0.244. The maximum atomic E-state index is 11.6. The van der Waals surface area contributed by atoms with Gasteiger partial charge in [0, 0.05) is 45.9 Å². The highest BCUT2D eigenvalue weighted by Gasteiger charge is 2.22. The molecule has 0 saturated carbocycles. The van der Waals surface area contributed by atoms with E-state index in [2.05, 4.69) is 36.0 Å². The van der Waals surface area contributed by atoms with E-state index in [9.17, 15) is 30.0 Å². The quantitative estimate of drug-likeness (QED) is 0.0841. The van der Waals surface area contributed by atoms with Crippen LogP contribution < -0.4 is 5.32 Å². The molecule has 0 bridgehead atoms. The summed E-state index contributed by atoms with van der Waals surface area (Å²) >= 11 is 6.04. The van der Waals surface area contributed by atoms with E-state index in [0.29, 0.717) is 38.7 Å². The Morgan fingerprint density at radius 2 is 1.33 bits per heavy atom. The molecule has 1 aromatic heterocycles. The fourth-order valence-electron chi connectivity index (χ4n) is 6.43. The molecule has 0 spiro atoms. The maximum Gasteiger partial charge on any atom is 0.339 e. The molecule has 5 aromatic carbocycles. The number of fused-ring (bicyclic) bond motifs is 3. The third kappa shape index (κ3) is 8.51. The monoisotopic (exact) mass is 707 g/mol. The van der Waals surface area contributed by atoms with E-state index in [1.807, 2.05) is 30.5 Å². The van der Waals surface area contributed by atoms with Crippen molar-refractivity contribution >= 4 is 61.7 Å². The average molecular weight is 708 g/mol. The van der Waals surface area contributed by atoms with Gasteiger partial charge in [0.2, 0.25) is 0 Å². The summed E-state index contributed by atoms with van der Waals surface area (Å²) in [4.78, 5) is 30.1. The zero-order chi connectivity index (χ0) is 36.7. The number of aromatic carboxylic acids is 2. The van der Waals surface area contributed by atoms with Crippen LogP contribution in [0.3, 0.4) is 0 Å². The molecule has 0 radical (unpaired) electrons. The van der Waals surface area contributed by atoms with Crippen LogP contribution in [-0.2, 0) is 6.42 Å². The fourth-order valence-corrected chi connectivity index (χ4v) is 6.60. The van der Waals surface area contributed by atoms with Gasteiger partial charge in [-0.3, -0.25) is 4.98 Å². The number of nitrogens with zero attached hydrogens (tertiary/aromatic N) is 2. The summed E-state index contributed by atoms with van der Waals surface area (Å²) in [5.41, 5.74) is 2.19. The SMILES string of the molecule is CCN(CC)CCCC(C)Nc1ccnc2cc(Cl)ccc12.O=C(O)c1cc2ccccc2c(Cc2c(O)c(C(=O)O)cc3ccccc23)c1O. The van der Waals surface area contributed by atoms with E-state index in [0.717, 1.165) is 41.1 Å². The standard InChI is InChI=1S/C23H16O6.C18H26ClN3/c24-20-16(14-7-3-1-5-12(14)9-18(20)22(26)27)11-17-15-8-4-2-6-13(15)10-19(21(17)25)23(28)29;1-4-22(5-2)12-6-7-14(3)21-17-10-11-20-18-13-15(19)8-9-16(17)18/h1-10,24-25H,11H2,(H,26,27)(H,28,29);8-11,13-14H,4-7,12H2,1-3H3,(H,20,21). The first-order valence-corrected chi connectivity index (χ1v) is 17.4. The maximum absolute atomic E-state index is 11.6. The molecule has 264 valence electrons. The molecule has 9 nitrogen and oxygen atoms in total. The summed E-state index contributed by atoms with van der Waals surface area (Å²) in [7, 11) is 0. The van der Waals surface area contributed by atoms with Gasteiger partial charge in [-0.25, -0.2) is 9.59 Å². The van der Waals surface area contributed by atoms with Gasteiger partial charge in [0.25, 0.3) is 0 Å². The second kappa shape index (κ2) is 16.6. The largest absolute Gasteiger partial charge is 0.507 e. The van der Waals surface area contributed by atoms with Crippen LogP contribution in [0.4, 0.5) is 5.69 Å². The van der Waals surface area contributed by atoms with Gasteiger partial charge >= 0.3 is 11.9 Å². The molecule has 51 heavy (non-hydrogen) atoms. The number of carboxylic acid groups (broad SMARTS) is 2. The summed E-state index contributed by atoms with van der Waals surface area (Å²) in [5.74, 6) is -3.36. The molecular formula is C41H42ClN3O6. The van der Waals surface area contributed by atoms with Crippen LogP contribution in [0.1, 0.15) is 65.5 Å². The summed E-state index contributed by atoms with van der Waals surface area (Å²) < 4.78 is 0. The minimum Gasteiger partial charge on any atom is -0.507 e. The molecule has 6 rings (SSSR count). The lowest BCUT2D eigenvalue weighted by Gasteiger charge is -2.20. The van der Waals surface area contributed by atoms with Crippen molar-refractivity contribution in [3.8, 4) is 11.5 Å². The molecule has 5 N–H and O–H groups in total. The summed E-state index contributed by atoms with van der Waals surface area (Å²) in [6.07, 6.45) is 4.17. The number of benzene rings is 5. The lowest BCUT2D eigenvalue weighted by Crippen LogP contribution is -2.25. The number of aromatic hydroxyl groups is 2. The Morgan fingerprint density at radius 1 is 0.784 bits per heavy atom. The van der Waals surface area contributed by atoms with Gasteiger partial charge < -0.3 is 30.6 Å². The van der Waals surface area contributed by atoms with Crippen molar-refractivity contribution in [3.63, 3.8) is 0 Å². The molecule has 10 heteroatoms. The van der Waals surface area contributed by atoms with E-state index in [1.165, 1.54) is 25.1 Å². The number of pyridine rings is 1. The first kappa shape index (κ1) is 36.9. The van der Waals surface area contributed by atoms with E-state index in [4.69, 9.17) is 11.6 Å². The lowest BCUT2D eigenvalue weighted by atomic mass is 9.90. The molecular weight excluding hydrogens is 666 g/mol. The van der Waals surface area contributed by atoms with Crippen molar-refractivity contribution in [2.75, 3.05) is 25.0 Å². The van der Waals surface area contributed by atoms with Gasteiger partial charge in [0.15, 0.2) is 0 Å². The molecule has 1 atom stereocenters. The Morgan fingerprint density at radius 3 is 1.86 bits per heavy atom. The Kier molecular flexibility index (Phi) is 12.0. The summed E-state index contributed by atoms with van der Waals surface area (Å²) in [5, 5.41) is 48.3. The molecule has 0 amide bonds. The van der Waals surface area contributed by atoms with E-state index in [1.54, 1.807) is 48.5 Å². The highest BCUT2D eigenvalue weighted by molar-refractivity contribution is 6.31. The van der Waals surface area contributed by atoms with E-state index >= 15 is 0 Å². The number of carboxylic acids is 2. The van der Waals surface area contributed by atoms with E-state index < -0.39 is 23.4 Å². The molecule has 0 fully saturated rings. The van der Waals surface area contributed by atoms with Crippen LogP contribution in [0.25, 0.3) is 32.4 Å². The highest BCUT2D eigenvalue weighted by Crippen LogP contribution is 2.39.